The van der Waals surface area contributed by atoms with Gasteiger partial charge < -0.3 is 5.73 Å². The molecular weight excluding hydrogens is 178 g/mol. The number of nitrogens with two attached hydrogens (primary N) is 1. The van der Waals surface area contributed by atoms with E-state index in [1.165, 1.54) is 12.8 Å². The molecule has 0 spiro atoms. The molecule has 1 rings (SSSR count). The van der Waals surface area contributed by atoms with E-state index in [1.807, 2.05) is 4.68 Å². The third-order valence-electron chi connectivity index (χ3n) is 2.18. The summed E-state index contributed by atoms with van der Waals surface area (Å²) in [6.45, 7) is 3.82. The van der Waals surface area contributed by atoms with Crippen molar-refractivity contribution in [1.82, 2.24) is 20.2 Å². The fourth-order valence-corrected chi connectivity index (χ4v) is 1.35. The van der Waals surface area contributed by atoms with Crippen LogP contribution in [-0.2, 0) is 13.0 Å². The lowest BCUT2D eigenvalue weighted by atomic mass is 10.2. The third kappa shape index (κ3) is 3.41. The monoisotopic (exact) mass is 197 g/mol. The van der Waals surface area contributed by atoms with E-state index in [2.05, 4.69) is 22.4 Å². The Bertz CT molecular complexity index is 245. The summed E-state index contributed by atoms with van der Waals surface area (Å²) in [6.07, 6.45) is 5.44. The van der Waals surface area contributed by atoms with Crippen LogP contribution in [0.3, 0.4) is 0 Å². The van der Waals surface area contributed by atoms with Gasteiger partial charge in [-0.25, -0.2) is 4.68 Å². The van der Waals surface area contributed by atoms with Crippen LogP contribution < -0.4 is 5.73 Å². The molecule has 0 atom stereocenters. The number of nitrogens with zero attached hydrogens (tertiary/aromatic N) is 4. The summed E-state index contributed by atoms with van der Waals surface area (Å²) in [5.74, 6) is 0.964. The zero-order valence-electron chi connectivity index (χ0n) is 8.82. The second kappa shape index (κ2) is 6.48. The molecule has 0 aromatic carbocycles. The predicted molar refractivity (Wildman–Crippen MR) is 54.7 cm³/mol. The van der Waals surface area contributed by atoms with Gasteiger partial charge in [-0.2, -0.15) is 0 Å². The fourth-order valence-electron chi connectivity index (χ4n) is 1.35. The number of rotatable bonds is 7. The molecule has 1 aromatic heterocycles. The van der Waals surface area contributed by atoms with Crippen LogP contribution in [0, 0.1) is 0 Å². The standard InChI is InChI=1S/C9H19N5/c1-2-3-4-8-14-9(6-5-7-10)11-12-13-14/h2-8,10H2,1H3. The van der Waals surface area contributed by atoms with Gasteiger partial charge in [-0.15, -0.1) is 5.10 Å². The SMILES string of the molecule is CCCCCn1nnnc1CCCN. The van der Waals surface area contributed by atoms with Gasteiger partial charge in [0.1, 0.15) is 0 Å². The predicted octanol–water partition coefficient (Wildman–Crippen LogP) is 0.755. The van der Waals surface area contributed by atoms with Gasteiger partial charge in [0.2, 0.25) is 0 Å². The van der Waals surface area contributed by atoms with E-state index >= 15 is 0 Å². The molecule has 0 aliphatic rings. The van der Waals surface area contributed by atoms with Crippen LogP contribution in [0.15, 0.2) is 0 Å². The molecule has 0 saturated carbocycles. The lowest BCUT2D eigenvalue weighted by Crippen LogP contribution is -2.08. The van der Waals surface area contributed by atoms with Gasteiger partial charge in [0.15, 0.2) is 5.82 Å². The smallest absolute Gasteiger partial charge is 0.151 e. The number of unbranched alkanes of at least 4 members (excludes halogenated alkanes) is 2. The van der Waals surface area contributed by atoms with Crippen LogP contribution in [0.4, 0.5) is 0 Å². The minimum absolute atomic E-state index is 0.696. The maximum atomic E-state index is 5.44. The number of aryl methyl sites for hydroxylation is 2. The van der Waals surface area contributed by atoms with Crippen molar-refractivity contribution in [3.05, 3.63) is 5.82 Å². The van der Waals surface area contributed by atoms with E-state index in [1.54, 1.807) is 0 Å². The fraction of sp³-hybridized carbons (Fsp3) is 0.889. The van der Waals surface area contributed by atoms with Gasteiger partial charge in [0, 0.05) is 13.0 Å². The molecule has 2 N–H and O–H groups in total. The third-order valence-corrected chi connectivity index (χ3v) is 2.18. The van der Waals surface area contributed by atoms with Crippen molar-refractivity contribution in [2.75, 3.05) is 6.54 Å². The van der Waals surface area contributed by atoms with Gasteiger partial charge in [-0.05, 0) is 29.8 Å². The largest absolute Gasteiger partial charge is 0.330 e. The van der Waals surface area contributed by atoms with Gasteiger partial charge in [0.05, 0.1) is 0 Å². The molecule has 0 unspecified atom stereocenters. The summed E-state index contributed by atoms with van der Waals surface area (Å²) in [7, 11) is 0. The molecule has 0 radical (unpaired) electrons. The van der Waals surface area contributed by atoms with E-state index < -0.39 is 0 Å². The van der Waals surface area contributed by atoms with E-state index in [4.69, 9.17) is 5.73 Å². The molecule has 80 valence electrons. The Morgan fingerprint density at radius 1 is 1.29 bits per heavy atom. The molecule has 0 aliphatic heterocycles. The first-order chi connectivity index (χ1) is 6.88. The van der Waals surface area contributed by atoms with E-state index in [0.717, 1.165) is 31.6 Å². The van der Waals surface area contributed by atoms with Gasteiger partial charge >= 0.3 is 0 Å². The normalized spacial score (nSPS) is 10.7. The number of tetrazole rings is 1. The maximum Gasteiger partial charge on any atom is 0.151 e. The van der Waals surface area contributed by atoms with Crippen molar-refractivity contribution in [2.24, 2.45) is 5.73 Å². The number of hydrogen-bond donors (Lipinski definition) is 1. The summed E-state index contributed by atoms with van der Waals surface area (Å²) in [4.78, 5) is 0. The Hall–Kier alpha value is -0.970. The molecule has 0 fully saturated rings. The molecular formula is C9H19N5. The van der Waals surface area contributed by atoms with Crippen molar-refractivity contribution < 1.29 is 0 Å². The second-order valence-corrected chi connectivity index (χ2v) is 3.42. The lowest BCUT2D eigenvalue weighted by Gasteiger charge is -2.02. The molecule has 1 heterocycles. The Morgan fingerprint density at radius 2 is 2.14 bits per heavy atom. The summed E-state index contributed by atoms with van der Waals surface area (Å²) in [6, 6.07) is 0. The van der Waals surface area contributed by atoms with Crippen LogP contribution in [0.2, 0.25) is 0 Å². The Labute approximate surface area is 84.7 Å². The summed E-state index contributed by atoms with van der Waals surface area (Å²) in [5.41, 5.74) is 5.44. The zero-order chi connectivity index (χ0) is 10.2. The summed E-state index contributed by atoms with van der Waals surface area (Å²) < 4.78 is 1.89. The second-order valence-electron chi connectivity index (χ2n) is 3.42. The van der Waals surface area contributed by atoms with E-state index in [0.29, 0.717) is 6.54 Å². The summed E-state index contributed by atoms with van der Waals surface area (Å²) in [5, 5.41) is 11.6. The van der Waals surface area contributed by atoms with Crippen molar-refractivity contribution in [3.63, 3.8) is 0 Å². The van der Waals surface area contributed by atoms with E-state index in [-0.39, 0.29) is 0 Å². The van der Waals surface area contributed by atoms with Crippen LogP contribution in [0.5, 0.6) is 0 Å². The highest BCUT2D eigenvalue weighted by Crippen LogP contribution is 2.01. The molecule has 5 heteroatoms. The first-order valence-electron chi connectivity index (χ1n) is 5.33. The van der Waals surface area contributed by atoms with Crippen LogP contribution in [-0.4, -0.2) is 26.8 Å². The molecule has 0 saturated heterocycles. The Balaban J connectivity index is 2.37. The first kappa shape index (κ1) is 11.1. The highest BCUT2D eigenvalue weighted by Gasteiger charge is 2.03. The summed E-state index contributed by atoms with van der Waals surface area (Å²) >= 11 is 0. The quantitative estimate of drug-likeness (QED) is 0.655. The molecule has 1 aromatic rings. The molecule has 14 heavy (non-hydrogen) atoms. The van der Waals surface area contributed by atoms with E-state index in [9.17, 15) is 0 Å². The molecule has 0 aliphatic carbocycles. The van der Waals surface area contributed by atoms with Crippen molar-refractivity contribution in [1.29, 1.82) is 0 Å². The minimum Gasteiger partial charge on any atom is -0.330 e. The highest BCUT2D eigenvalue weighted by atomic mass is 15.5. The van der Waals surface area contributed by atoms with Crippen molar-refractivity contribution in [2.45, 2.75) is 45.6 Å². The van der Waals surface area contributed by atoms with Crippen LogP contribution in [0.25, 0.3) is 0 Å². The van der Waals surface area contributed by atoms with Gasteiger partial charge in [0.25, 0.3) is 0 Å². The van der Waals surface area contributed by atoms with Gasteiger partial charge in [-0.3, -0.25) is 0 Å². The first-order valence-corrected chi connectivity index (χ1v) is 5.33. The molecule has 0 bridgehead atoms. The Morgan fingerprint density at radius 3 is 2.86 bits per heavy atom. The zero-order valence-corrected chi connectivity index (χ0v) is 8.82. The van der Waals surface area contributed by atoms with Crippen molar-refractivity contribution in [3.8, 4) is 0 Å². The van der Waals surface area contributed by atoms with Crippen LogP contribution in [0.1, 0.15) is 38.4 Å². The molecule has 5 nitrogen and oxygen atoms in total. The average molecular weight is 197 g/mol. The maximum absolute atomic E-state index is 5.44. The lowest BCUT2D eigenvalue weighted by molar-refractivity contribution is 0.516. The Kier molecular flexibility index (Phi) is 5.14. The van der Waals surface area contributed by atoms with Crippen LogP contribution >= 0.6 is 0 Å². The molecule has 0 amide bonds. The average Bonchev–Trinajstić information content (AvgIpc) is 2.63. The number of hydrogen-bond acceptors (Lipinski definition) is 4. The minimum atomic E-state index is 0.696. The highest BCUT2D eigenvalue weighted by molar-refractivity contribution is 4.80. The number of aromatic nitrogens is 4. The van der Waals surface area contributed by atoms with Gasteiger partial charge in [-0.1, -0.05) is 19.8 Å². The topological polar surface area (TPSA) is 69.6 Å². The van der Waals surface area contributed by atoms with Crippen molar-refractivity contribution >= 4 is 0 Å².